The summed E-state index contributed by atoms with van der Waals surface area (Å²) in [4.78, 5) is 21.3. The van der Waals surface area contributed by atoms with E-state index in [1.807, 2.05) is 0 Å². The van der Waals surface area contributed by atoms with E-state index in [0.29, 0.717) is 12.8 Å². The van der Waals surface area contributed by atoms with Crippen LogP contribution in [0.1, 0.15) is 12.8 Å². The zero-order valence-corrected chi connectivity index (χ0v) is 10.1. The Balaban J connectivity index is 2.38. The van der Waals surface area contributed by atoms with Gasteiger partial charge in [0, 0.05) is 6.07 Å². The molecule has 1 fully saturated rings. The number of rotatable bonds is 5. The van der Waals surface area contributed by atoms with Gasteiger partial charge in [-0.05, 0) is 24.8 Å². The molecule has 0 radical (unpaired) electrons. The lowest BCUT2D eigenvalue weighted by molar-refractivity contribution is -0.387. The van der Waals surface area contributed by atoms with E-state index in [4.69, 9.17) is 5.11 Å². The van der Waals surface area contributed by atoms with E-state index in [2.05, 4.69) is 0 Å². The van der Waals surface area contributed by atoms with Crippen molar-refractivity contribution < 1.29 is 19.0 Å². The van der Waals surface area contributed by atoms with Gasteiger partial charge in [0.1, 0.15) is 10.1 Å². The van der Waals surface area contributed by atoms with Gasteiger partial charge in [-0.1, -0.05) is 12.1 Å². The van der Waals surface area contributed by atoms with E-state index < -0.39 is 26.9 Å². The van der Waals surface area contributed by atoms with Crippen molar-refractivity contribution >= 4 is 22.5 Å². The fourth-order valence-electron chi connectivity index (χ4n) is 1.78. The van der Waals surface area contributed by atoms with Gasteiger partial charge in [0.15, 0.2) is 0 Å². The molecule has 0 aromatic heterocycles. The molecule has 1 aliphatic rings. The van der Waals surface area contributed by atoms with Gasteiger partial charge in [0.2, 0.25) is 0 Å². The molecule has 1 aromatic carbocycles. The Bertz CT molecular complexity index is 526. The summed E-state index contributed by atoms with van der Waals surface area (Å²) in [6.07, 6.45) is 1.42. The fourth-order valence-corrected chi connectivity index (χ4v) is 3.42. The highest BCUT2D eigenvalue weighted by Crippen LogP contribution is 2.38. The number of carbonyl (C=O) groups is 1. The lowest BCUT2D eigenvalue weighted by Gasteiger charge is -2.10. The van der Waals surface area contributed by atoms with E-state index in [1.165, 1.54) is 24.3 Å². The molecule has 6 nitrogen and oxygen atoms in total. The highest BCUT2D eigenvalue weighted by atomic mass is 32.2. The summed E-state index contributed by atoms with van der Waals surface area (Å²) in [5.41, 5.74) is -0.289. The van der Waals surface area contributed by atoms with E-state index >= 15 is 0 Å². The van der Waals surface area contributed by atoms with Crippen molar-refractivity contribution in [3.8, 4) is 0 Å². The molecule has 2 atom stereocenters. The lowest BCUT2D eigenvalue weighted by Crippen LogP contribution is -2.28. The number of carboxylic acid groups (broad SMARTS) is 1. The normalized spacial score (nSPS) is 18.0. The molecule has 96 valence electrons. The van der Waals surface area contributed by atoms with Gasteiger partial charge < -0.3 is 5.11 Å². The Hall–Kier alpha value is -1.76. The van der Waals surface area contributed by atoms with E-state index in [0.717, 1.165) is 0 Å². The third-order valence-corrected chi connectivity index (χ3v) is 4.63. The first-order valence-corrected chi connectivity index (χ1v) is 6.60. The number of carboxylic acids is 1. The Kier molecular flexibility index (Phi) is 3.42. The average molecular weight is 269 g/mol. The molecular formula is C11H11NO5S. The minimum absolute atomic E-state index is 0.0122. The number of aliphatic carboxylic acids is 1. The molecule has 7 heteroatoms. The van der Waals surface area contributed by atoms with Gasteiger partial charge in [-0.3, -0.25) is 19.1 Å². The summed E-state index contributed by atoms with van der Waals surface area (Å²) in [6, 6.07) is 5.57. The minimum atomic E-state index is -1.89. The van der Waals surface area contributed by atoms with Gasteiger partial charge in [0.25, 0.3) is 5.69 Å². The first-order chi connectivity index (χ1) is 8.52. The van der Waals surface area contributed by atoms with Crippen LogP contribution in [0.25, 0.3) is 0 Å². The monoisotopic (exact) mass is 269 g/mol. The van der Waals surface area contributed by atoms with Crippen LogP contribution in [-0.4, -0.2) is 25.5 Å². The third-order valence-electron chi connectivity index (χ3n) is 2.80. The summed E-state index contributed by atoms with van der Waals surface area (Å²) < 4.78 is 12.2. The molecule has 0 heterocycles. The van der Waals surface area contributed by atoms with E-state index in [9.17, 15) is 19.1 Å². The molecule has 0 saturated heterocycles. The van der Waals surface area contributed by atoms with Crippen molar-refractivity contribution in [1.29, 1.82) is 0 Å². The maximum atomic E-state index is 12.2. The summed E-state index contributed by atoms with van der Waals surface area (Å²) in [6.45, 7) is 0. The Morgan fingerprint density at radius 2 is 2.06 bits per heavy atom. The molecule has 2 rings (SSSR count). The second-order valence-corrected chi connectivity index (χ2v) is 5.66. The summed E-state index contributed by atoms with van der Waals surface area (Å²) in [7, 11) is -1.89. The Labute approximate surface area is 105 Å². The summed E-state index contributed by atoms with van der Waals surface area (Å²) >= 11 is 0. The molecule has 0 bridgehead atoms. The third kappa shape index (κ3) is 2.40. The number of nitro groups is 1. The van der Waals surface area contributed by atoms with Gasteiger partial charge in [-0.15, -0.1) is 0 Å². The summed E-state index contributed by atoms with van der Waals surface area (Å²) in [5.74, 6) is -1.29. The molecule has 1 aliphatic carbocycles. The molecule has 1 N–H and O–H groups in total. The SMILES string of the molecule is O=C(O)C(C1CC1)S(=O)c1ccccc1[N+](=O)[O-]. The molecule has 18 heavy (non-hydrogen) atoms. The maximum absolute atomic E-state index is 12.2. The molecule has 0 spiro atoms. The second kappa shape index (κ2) is 4.85. The first-order valence-electron chi connectivity index (χ1n) is 5.39. The average Bonchev–Trinajstić information content (AvgIpc) is 3.13. The topological polar surface area (TPSA) is 97.5 Å². The van der Waals surface area contributed by atoms with Gasteiger partial charge in [-0.25, -0.2) is 0 Å². The Morgan fingerprint density at radius 3 is 2.56 bits per heavy atom. The quantitative estimate of drug-likeness (QED) is 0.646. The molecule has 0 amide bonds. The van der Waals surface area contributed by atoms with Crippen LogP contribution in [0.3, 0.4) is 0 Å². The van der Waals surface area contributed by atoms with Crippen LogP contribution in [0.4, 0.5) is 5.69 Å². The van der Waals surface area contributed by atoms with Crippen LogP contribution in [0.5, 0.6) is 0 Å². The van der Waals surface area contributed by atoms with Crippen LogP contribution in [0, 0.1) is 16.0 Å². The van der Waals surface area contributed by atoms with Crippen LogP contribution in [-0.2, 0) is 15.6 Å². The largest absolute Gasteiger partial charge is 0.480 e. The van der Waals surface area contributed by atoms with Crippen molar-refractivity contribution in [3.63, 3.8) is 0 Å². The van der Waals surface area contributed by atoms with Crippen molar-refractivity contribution in [1.82, 2.24) is 0 Å². The second-order valence-electron chi connectivity index (χ2n) is 4.12. The molecule has 1 saturated carbocycles. The summed E-state index contributed by atoms with van der Waals surface area (Å²) in [5, 5.41) is 18.9. The number of nitro benzene ring substituents is 1. The predicted octanol–water partition coefficient (Wildman–Crippen LogP) is 1.57. The van der Waals surface area contributed by atoms with Crippen LogP contribution in [0.2, 0.25) is 0 Å². The zero-order valence-electron chi connectivity index (χ0n) is 9.31. The van der Waals surface area contributed by atoms with Gasteiger partial charge >= 0.3 is 5.97 Å². The number of para-hydroxylation sites is 1. The number of benzene rings is 1. The van der Waals surface area contributed by atoms with Gasteiger partial charge in [0.05, 0.1) is 15.7 Å². The fraction of sp³-hybridized carbons (Fsp3) is 0.364. The minimum Gasteiger partial charge on any atom is -0.480 e. The van der Waals surface area contributed by atoms with Crippen LogP contribution < -0.4 is 0 Å². The molecule has 2 unspecified atom stereocenters. The highest BCUT2D eigenvalue weighted by Gasteiger charge is 2.42. The van der Waals surface area contributed by atoms with Crippen molar-refractivity contribution in [2.75, 3.05) is 0 Å². The molecule has 1 aromatic rings. The van der Waals surface area contributed by atoms with E-state index in [1.54, 1.807) is 0 Å². The van der Waals surface area contributed by atoms with E-state index in [-0.39, 0.29) is 16.5 Å². The molecule has 0 aliphatic heterocycles. The van der Waals surface area contributed by atoms with Crippen molar-refractivity contribution in [2.45, 2.75) is 23.0 Å². The van der Waals surface area contributed by atoms with Crippen LogP contribution >= 0.6 is 0 Å². The Morgan fingerprint density at radius 1 is 1.44 bits per heavy atom. The standard InChI is InChI=1S/C11H11NO5S/c13-11(14)10(7-5-6-7)18(17)9-4-2-1-3-8(9)12(15)16/h1-4,7,10H,5-6H2,(H,13,14). The van der Waals surface area contributed by atoms with Crippen LogP contribution in [0.15, 0.2) is 29.2 Å². The maximum Gasteiger partial charge on any atom is 0.319 e. The lowest BCUT2D eigenvalue weighted by atomic mass is 10.3. The zero-order chi connectivity index (χ0) is 13.3. The highest BCUT2D eigenvalue weighted by molar-refractivity contribution is 7.86. The van der Waals surface area contributed by atoms with Gasteiger partial charge in [-0.2, -0.15) is 0 Å². The molecular weight excluding hydrogens is 258 g/mol. The number of hydrogen-bond donors (Lipinski definition) is 1. The predicted molar refractivity (Wildman–Crippen MR) is 63.7 cm³/mol. The first kappa shape index (κ1) is 12.7. The number of hydrogen-bond acceptors (Lipinski definition) is 4. The smallest absolute Gasteiger partial charge is 0.319 e. The van der Waals surface area contributed by atoms with Crippen molar-refractivity contribution in [3.05, 3.63) is 34.4 Å². The number of nitrogens with zero attached hydrogens (tertiary/aromatic N) is 1. The van der Waals surface area contributed by atoms with Crippen molar-refractivity contribution in [2.24, 2.45) is 5.92 Å².